The Balaban J connectivity index is 1.97. The lowest BCUT2D eigenvalue weighted by molar-refractivity contribution is 0.100. The topological polar surface area (TPSA) is 60.9 Å². The molecule has 0 atom stereocenters. The van der Waals surface area contributed by atoms with Crippen LogP contribution in [0.5, 0.6) is 0 Å². The normalized spacial score (nSPS) is 10.9. The first-order chi connectivity index (χ1) is 12.2. The molecule has 4 rings (SSSR count). The van der Waals surface area contributed by atoms with E-state index in [2.05, 4.69) is 16.7 Å². The van der Waals surface area contributed by atoms with Crippen molar-refractivity contribution in [3.63, 3.8) is 0 Å². The Kier molecular flexibility index (Phi) is 3.78. The second-order valence-corrected chi connectivity index (χ2v) is 5.91. The Labute approximate surface area is 145 Å². The maximum atomic E-state index is 11.8. The molecule has 0 saturated carbocycles. The van der Waals surface area contributed by atoms with Gasteiger partial charge in [0.25, 0.3) is 5.91 Å². The summed E-state index contributed by atoms with van der Waals surface area (Å²) >= 11 is 0. The summed E-state index contributed by atoms with van der Waals surface area (Å²) in [4.78, 5) is 16.6. The molecule has 0 unspecified atom stereocenters. The molecule has 1 amide bonds. The van der Waals surface area contributed by atoms with Crippen molar-refractivity contribution in [3.05, 3.63) is 90.0 Å². The molecule has 1 heterocycles. The van der Waals surface area contributed by atoms with E-state index in [9.17, 15) is 4.79 Å². The zero-order chi connectivity index (χ0) is 17.2. The van der Waals surface area contributed by atoms with Gasteiger partial charge in [-0.2, -0.15) is 0 Å². The number of nitrogens with two attached hydrogens (primary N) is 1. The van der Waals surface area contributed by atoms with Gasteiger partial charge in [0.05, 0.1) is 11.1 Å². The fourth-order valence-corrected chi connectivity index (χ4v) is 3.08. The second-order valence-electron chi connectivity index (χ2n) is 5.91. The minimum atomic E-state index is -0.463. The highest BCUT2D eigenvalue weighted by molar-refractivity contribution is 6.04. The van der Waals surface area contributed by atoms with Crippen LogP contribution in [-0.4, -0.2) is 15.5 Å². The monoisotopic (exact) mass is 327 g/mol. The number of carbonyl (C=O) groups excluding carboxylic acids is 1. The van der Waals surface area contributed by atoms with E-state index < -0.39 is 5.91 Å². The summed E-state index contributed by atoms with van der Waals surface area (Å²) in [6.07, 6.45) is 0. The van der Waals surface area contributed by atoms with E-state index in [1.165, 1.54) is 5.56 Å². The number of amides is 1. The maximum absolute atomic E-state index is 11.8. The van der Waals surface area contributed by atoms with E-state index in [0.29, 0.717) is 17.6 Å². The second kappa shape index (κ2) is 6.24. The molecule has 1 aromatic heterocycles. The molecule has 0 aliphatic carbocycles. The molecular formula is C21H17N3O. The molecule has 2 N–H and O–H groups in total. The van der Waals surface area contributed by atoms with Crippen molar-refractivity contribution in [2.24, 2.45) is 5.73 Å². The van der Waals surface area contributed by atoms with Crippen molar-refractivity contribution in [3.8, 4) is 11.4 Å². The fourth-order valence-electron chi connectivity index (χ4n) is 3.08. The van der Waals surface area contributed by atoms with Crippen LogP contribution in [0.2, 0.25) is 0 Å². The predicted octanol–water partition coefficient (Wildman–Crippen LogP) is 3.85. The summed E-state index contributed by atoms with van der Waals surface area (Å²) in [5, 5.41) is 0. The average molecular weight is 327 g/mol. The first kappa shape index (κ1) is 15.1. The van der Waals surface area contributed by atoms with Crippen LogP contribution in [0.25, 0.3) is 22.4 Å². The van der Waals surface area contributed by atoms with E-state index in [0.717, 1.165) is 16.9 Å². The third-order valence-corrected chi connectivity index (χ3v) is 4.26. The number of benzene rings is 3. The van der Waals surface area contributed by atoms with Crippen molar-refractivity contribution in [2.75, 3.05) is 0 Å². The number of hydrogen-bond acceptors (Lipinski definition) is 2. The van der Waals surface area contributed by atoms with Gasteiger partial charge in [-0.1, -0.05) is 66.7 Å². The highest BCUT2D eigenvalue weighted by Gasteiger charge is 2.17. The van der Waals surface area contributed by atoms with E-state index in [1.807, 2.05) is 60.7 Å². The van der Waals surface area contributed by atoms with Crippen LogP contribution in [0.15, 0.2) is 78.9 Å². The summed E-state index contributed by atoms with van der Waals surface area (Å²) < 4.78 is 2.13. The molecule has 0 radical (unpaired) electrons. The number of carbonyl (C=O) groups is 1. The SMILES string of the molecule is NC(=O)c1cccc2c1nc(-c1ccccc1)n2Cc1ccccc1. The quantitative estimate of drug-likeness (QED) is 0.619. The van der Waals surface area contributed by atoms with Gasteiger partial charge < -0.3 is 10.3 Å². The van der Waals surface area contributed by atoms with Crippen LogP contribution in [0, 0.1) is 0 Å². The highest BCUT2D eigenvalue weighted by Crippen LogP contribution is 2.27. The van der Waals surface area contributed by atoms with Gasteiger partial charge in [0.15, 0.2) is 0 Å². The first-order valence-corrected chi connectivity index (χ1v) is 8.12. The molecule has 0 aliphatic heterocycles. The van der Waals surface area contributed by atoms with Gasteiger partial charge in [-0.3, -0.25) is 4.79 Å². The zero-order valence-electron chi connectivity index (χ0n) is 13.6. The molecule has 25 heavy (non-hydrogen) atoms. The summed E-state index contributed by atoms with van der Waals surface area (Å²) in [5.41, 5.74) is 9.71. The van der Waals surface area contributed by atoms with E-state index in [4.69, 9.17) is 10.7 Å². The van der Waals surface area contributed by atoms with E-state index in [1.54, 1.807) is 6.07 Å². The average Bonchev–Trinajstić information content (AvgIpc) is 3.02. The minimum absolute atomic E-state index is 0.446. The van der Waals surface area contributed by atoms with Crippen LogP contribution in [0.1, 0.15) is 15.9 Å². The number of rotatable bonds is 4. The fraction of sp³-hybridized carbons (Fsp3) is 0.0476. The lowest BCUT2D eigenvalue weighted by Crippen LogP contribution is -2.11. The molecule has 0 aliphatic rings. The minimum Gasteiger partial charge on any atom is -0.366 e. The van der Waals surface area contributed by atoms with E-state index >= 15 is 0 Å². The lowest BCUT2D eigenvalue weighted by atomic mass is 10.1. The number of para-hydroxylation sites is 1. The molecular weight excluding hydrogens is 310 g/mol. The van der Waals surface area contributed by atoms with Crippen molar-refractivity contribution in [2.45, 2.75) is 6.54 Å². The molecule has 0 saturated heterocycles. The Morgan fingerprint density at radius 2 is 1.56 bits per heavy atom. The zero-order valence-corrected chi connectivity index (χ0v) is 13.6. The van der Waals surface area contributed by atoms with Crippen LogP contribution in [0.3, 0.4) is 0 Å². The number of primary amides is 1. The lowest BCUT2D eigenvalue weighted by Gasteiger charge is -2.09. The van der Waals surface area contributed by atoms with Gasteiger partial charge in [0, 0.05) is 12.1 Å². The predicted molar refractivity (Wildman–Crippen MR) is 99.2 cm³/mol. The van der Waals surface area contributed by atoms with Crippen LogP contribution in [-0.2, 0) is 6.54 Å². The van der Waals surface area contributed by atoms with Crippen molar-refractivity contribution < 1.29 is 4.79 Å². The molecule has 0 spiro atoms. The number of fused-ring (bicyclic) bond motifs is 1. The number of imidazole rings is 1. The van der Waals surface area contributed by atoms with Gasteiger partial charge in [-0.25, -0.2) is 4.98 Å². The Bertz CT molecular complexity index is 1040. The molecule has 122 valence electrons. The summed E-state index contributed by atoms with van der Waals surface area (Å²) in [5.74, 6) is 0.364. The molecule has 4 nitrogen and oxygen atoms in total. The maximum Gasteiger partial charge on any atom is 0.250 e. The van der Waals surface area contributed by atoms with Crippen molar-refractivity contribution in [1.82, 2.24) is 9.55 Å². The smallest absolute Gasteiger partial charge is 0.250 e. The van der Waals surface area contributed by atoms with Crippen molar-refractivity contribution in [1.29, 1.82) is 0 Å². The van der Waals surface area contributed by atoms with Gasteiger partial charge in [-0.05, 0) is 17.7 Å². The number of nitrogens with zero attached hydrogens (tertiary/aromatic N) is 2. The van der Waals surface area contributed by atoms with Crippen LogP contribution < -0.4 is 5.73 Å². The van der Waals surface area contributed by atoms with Crippen LogP contribution in [0.4, 0.5) is 0 Å². The Morgan fingerprint density at radius 1 is 0.880 bits per heavy atom. The summed E-state index contributed by atoms with van der Waals surface area (Å²) in [6.45, 7) is 0.670. The molecule has 3 aromatic carbocycles. The number of hydrogen-bond donors (Lipinski definition) is 1. The highest BCUT2D eigenvalue weighted by atomic mass is 16.1. The summed E-state index contributed by atoms with van der Waals surface area (Å²) in [7, 11) is 0. The summed E-state index contributed by atoms with van der Waals surface area (Å²) in [6, 6.07) is 25.7. The van der Waals surface area contributed by atoms with Gasteiger partial charge in [-0.15, -0.1) is 0 Å². The van der Waals surface area contributed by atoms with E-state index in [-0.39, 0.29) is 0 Å². The molecule has 4 aromatic rings. The molecule has 0 fully saturated rings. The van der Waals surface area contributed by atoms with Gasteiger partial charge in [0.1, 0.15) is 11.3 Å². The third kappa shape index (κ3) is 2.78. The Hall–Kier alpha value is -3.40. The van der Waals surface area contributed by atoms with Gasteiger partial charge in [0.2, 0.25) is 0 Å². The van der Waals surface area contributed by atoms with Crippen LogP contribution >= 0.6 is 0 Å². The standard InChI is InChI=1S/C21H17N3O/c22-20(25)17-12-7-13-18-19(17)23-21(16-10-5-2-6-11-16)24(18)14-15-8-3-1-4-9-15/h1-13H,14H2,(H2,22,25). The Morgan fingerprint density at radius 3 is 2.24 bits per heavy atom. The molecule has 0 bridgehead atoms. The first-order valence-electron chi connectivity index (χ1n) is 8.12. The van der Waals surface area contributed by atoms with Gasteiger partial charge >= 0.3 is 0 Å². The third-order valence-electron chi connectivity index (χ3n) is 4.26. The number of aromatic nitrogens is 2. The van der Waals surface area contributed by atoms with Crippen molar-refractivity contribution >= 4 is 16.9 Å². The largest absolute Gasteiger partial charge is 0.366 e. The molecule has 4 heteroatoms.